The third-order valence-corrected chi connectivity index (χ3v) is 2.71. The molecule has 0 saturated heterocycles. The van der Waals surface area contributed by atoms with Gasteiger partial charge in [0.1, 0.15) is 0 Å². The largest absolute Gasteiger partial charge is 0.396 e. The average molecular weight is 217 g/mol. The van der Waals surface area contributed by atoms with Crippen LogP contribution in [0.5, 0.6) is 0 Å². The van der Waals surface area contributed by atoms with E-state index < -0.39 is 6.10 Å². The first kappa shape index (κ1) is 11.0. The Kier molecular flexibility index (Phi) is 3.49. The van der Waals surface area contributed by atoms with Crippen molar-refractivity contribution in [3.05, 3.63) is 42.2 Å². The summed E-state index contributed by atoms with van der Waals surface area (Å²) in [5.74, 6) is 0. The highest BCUT2D eigenvalue weighted by Crippen LogP contribution is 2.26. The minimum absolute atomic E-state index is 0.111. The molecule has 84 valence electrons. The molecule has 0 fully saturated rings. The maximum absolute atomic E-state index is 10.0. The average Bonchev–Trinajstić information content (AvgIpc) is 2.35. The molecule has 0 amide bonds. The summed E-state index contributed by atoms with van der Waals surface area (Å²) in [6.07, 6.45) is 4.17. The lowest BCUT2D eigenvalue weighted by atomic mass is 9.99. The number of pyridine rings is 1. The van der Waals surface area contributed by atoms with E-state index in [0.717, 1.165) is 16.3 Å². The minimum Gasteiger partial charge on any atom is -0.396 e. The lowest BCUT2D eigenvalue weighted by Crippen LogP contribution is -2.00. The van der Waals surface area contributed by atoms with Crippen LogP contribution in [0, 0.1) is 0 Å². The van der Waals surface area contributed by atoms with Crippen molar-refractivity contribution < 1.29 is 10.2 Å². The molecule has 0 radical (unpaired) electrons. The summed E-state index contributed by atoms with van der Waals surface area (Å²) in [5, 5.41) is 20.8. The zero-order chi connectivity index (χ0) is 11.4. The van der Waals surface area contributed by atoms with Crippen molar-refractivity contribution in [1.82, 2.24) is 4.98 Å². The van der Waals surface area contributed by atoms with Gasteiger partial charge in [-0.3, -0.25) is 4.98 Å². The molecule has 0 bridgehead atoms. The fraction of sp³-hybridized carbons (Fsp3) is 0.308. The number of nitrogens with zero attached hydrogens (tertiary/aromatic N) is 1. The van der Waals surface area contributed by atoms with E-state index in [4.69, 9.17) is 5.11 Å². The van der Waals surface area contributed by atoms with Gasteiger partial charge in [-0.1, -0.05) is 18.2 Å². The summed E-state index contributed by atoms with van der Waals surface area (Å²) in [6, 6.07) is 7.77. The van der Waals surface area contributed by atoms with Crippen LogP contribution in [0.25, 0.3) is 10.8 Å². The number of fused-ring (bicyclic) bond motifs is 1. The molecule has 0 aliphatic rings. The molecule has 1 aromatic carbocycles. The zero-order valence-electron chi connectivity index (χ0n) is 9.00. The number of aliphatic hydroxyl groups excluding tert-OH is 2. The molecule has 0 aliphatic heterocycles. The van der Waals surface area contributed by atoms with Crippen LogP contribution in [0.2, 0.25) is 0 Å². The lowest BCUT2D eigenvalue weighted by Gasteiger charge is -2.12. The van der Waals surface area contributed by atoms with Gasteiger partial charge in [-0.05, 0) is 29.9 Å². The Balaban J connectivity index is 2.36. The summed E-state index contributed by atoms with van der Waals surface area (Å²) in [6.45, 7) is 0.111. The predicted molar refractivity (Wildman–Crippen MR) is 63.0 cm³/mol. The standard InChI is InChI=1S/C13H15NO2/c15-8-2-5-13(16)11-4-1-3-10-6-7-14-9-12(10)11/h1,3-4,6-7,9,13,15-16H,2,5,8H2. The molecule has 0 saturated carbocycles. The van der Waals surface area contributed by atoms with Crippen molar-refractivity contribution in [2.45, 2.75) is 18.9 Å². The predicted octanol–water partition coefficient (Wildman–Crippen LogP) is 2.04. The van der Waals surface area contributed by atoms with Crippen LogP contribution in [-0.2, 0) is 0 Å². The van der Waals surface area contributed by atoms with E-state index >= 15 is 0 Å². The third-order valence-electron chi connectivity index (χ3n) is 2.71. The zero-order valence-corrected chi connectivity index (χ0v) is 9.00. The van der Waals surface area contributed by atoms with Gasteiger partial charge in [-0.25, -0.2) is 0 Å². The van der Waals surface area contributed by atoms with E-state index in [1.54, 1.807) is 12.4 Å². The van der Waals surface area contributed by atoms with Crippen molar-refractivity contribution in [2.24, 2.45) is 0 Å². The van der Waals surface area contributed by atoms with E-state index in [1.165, 1.54) is 0 Å². The van der Waals surface area contributed by atoms with Gasteiger partial charge in [0.25, 0.3) is 0 Å². The Hall–Kier alpha value is -1.45. The molecule has 2 N–H and O–H groups in total. The van der Waals surface area contributed by atoms with Crippen LogP contribution in [0.15, 0.2) is 36.7 Å². The normalized spacial score (nSPS) is 12.9. The van der Waals surface area contributed by atoms with E-state index in [-0.39, 0.29) is 6.61 Å². The van der Waals surface area contributed by atoms with Crippen LogP contribution < -0.4 is 0 Å². The number of benzene rings is 1. The van der Waals surface area contributed by atoms with Crippen molar-refractivity contribution in [2.75, 3.05) is 6.61 Å². The van der Waals surface area contributed by atoms with Crippen molar-refractivity contribution in [3.63, 3.8) is 0 Å². The Morgan fingerprint density at radius 1 is 1.25 bits per heavy atom. The minimum atomic E-state index is -0.528. The highest BCUT2D eigenvalue weighted by molar-refractivity contribution is 5.85. The molecule has 3 heteroatoms. The molecule has 2 rings (SSSR count). The summed E-state index contributed by atoms with van der Waals surface area (Å²) in [7, 11) is 0. The Bertz CT molecular complexity index is 465. The maximum atomic E-state index is 10.0. The highest BCUT2D eigenvalue weighted by Gasteiger charge is 2.10. The van der Waals surface area contributed by atoms with E-state index in [0.29, 0.717) is 12.8 Å². The fourth-order valence-electron chi connectivity index (χ4n) is 1.87. The van der Waals surface area contributed by atoms with Crippen LogP contribution in [0.3, 0.4) is 0 Å². The first-order chi connectivity index (χ1) is 7.83. The Labute approximate surface area is 94.4 Å². The van der Waals surface area contributed by atoms with Gasteiger partial charge >= 0.3 is 0 Å². The molecule has 1 heterocycles. The van der Waals surface area contributed by atoms with Gasteiger partial charge in [0.05, 0.1) is 6.10 Å². The molecule has 1 unspecified atom stereocenters. The van der Waals surface area contributed by atoms with Crippen LogP contribution in [0.4, 0.5) is 0 Å². The molecule has 1 aromatic heterocycles. The molecule has 0 spiro atoms. The fourth-order valence-corrected chi connectivity index (χ4v) is 1.87. The van der Waals surface area contributed by atoms with E-state index in [1.807, 2.05) is 24.3 Å². The molecular formula is C13H15NO2. The van der Waals surface area contributed by atoms with Crippen molar-refractivity contribution in [3.8, 4) is 0 Å². The van der Waals surface area contributed by atoms with Gasteiger partial charge in [-0.2, -0.15) is 0 Å². The molecule has 2 aromatic rings. The number of aromatic nitrogens is 1. The summed E-state index contributed by atoms with van der Waals surface area (Å²) < 4.78 is 0. The summed E-state index contributed by atoms with van der Waals surface area (Å²) >= 11 is 0. The first-order valence-electron chi connectivity index (χ1n) is 5.44. The van der Waals surface area contributed by atoms with Gasteiger partial charge in [0.2, 0.25) is 0 Å². The number of aliphatic hydroxyl groups is 2. The second-order valence-electron chi connectivity index (χ2n) is 3.83. The Morgan fingerprint density at radius 2 is 2.12 bits per heavy atom. The summed E-state index contributed by atoms with van der Waals surface area (Å²) in [5.41, 5.74) is 0.888. The number of hydrogen-bond donors (Lipinski definition) is 2. The second-order valence-corrected chi connectivity index (χ2v) is 3.83. The first-order valence-corrected chi connectivity index (χ1v) is 5.44. The van der Waals surface area contributed by atoms with Crippen LogP contribution in [0.1, 0.15) is 24.5 Å². The molecule has 1 atom stereocenters. The molecule has 0 aliphatic carbocycles. The van der Waals surface area contributed by atoms with E-state index in [9.17, 15) is 5.11 Å². The smallest absolute Gasteiger partial charge is 0.0797 e. The van der Waals surface area contributed by atoms with Gasteiger partial charge in [-0.15, -0.1) is 0 Å². The molecular weight excluding hydrogens is 202 g/mol. The Morgan fingerprint density at radius 3 is 2.94 bits per heavy atom. The highest BCUT2D eigenvalue weighted by atomic mass is 16.3. The van der Waals surface area contributed by atoms with E-state index in [2.05, 4.69) is 4.98 Å². The molecule has 3 nitrogen and oxygen atoms in total. The third kappa shape index (κ3) is 2.21. The van der Waals surface area contributed by atoms with Gasteiger partial charge < -0.3 is 10.2 Å². The van der Waals surface area contributed by atoms with Crippen LogP contribution >= 0.6 is 0 Å². The van der Waals surface area contributed by atoms with Gasteiger partial charge in [0.15, 0.2) is 0 Å². The van der Waals surface area contributed by atoms with Crippen LogP contribution in [-0.4, -0.2) is 21.8 Å². The van der Waals surface area contributed by atoms with Crippen molar-refractivity contribution in [1.29, 1.82) is 0 Å². The van der Waals surface area contributed by atoms with Gasteiger partial charge in [0, 0.05) is 24.4 Å². The quantitative estimate of drug-likeness (QED) is 0.824. The number of rotatable bonds is 4. The topological polar surface area (TPSA) is 53.4 Å². The van der Waals surface area contributed by atoms with Crippen molar-refractivity contribution >= 4 is 10.8 Å². The number of hydrogen-bond acceptors (Lipinski definition) is 3. The monoisotopic (exact) mass is 217 g/mol. The lowest BCUT2D eigenvalue weighted by molar-refractivity contribution is 0.153. The maximum Gasteiger partial charge on any atom is 0.0797 e. The SMILES string of the molecule is OCCCC(O)c1cccc2ccncc12. The second kappa shape index (κ2) is 5.05. The summed E-state index contributed by atoms with van der Waals surface area (Å²) in [4.78, 5) is 4.08. The molecule has 16 heavy (non-hydrogen) atoms.